The highest BCUT2D eigenvalue weighted by Gasteiger charge is 2.20. The zero-order chi connectivity index (χ0) is 21.2. The zero-order valence-corrected chi connectivity index (χ0v) is 18.1. The summed E-state index contributed by atoms with van der Waals surface area (Å²) in [5.41, 5.74) is 2.22. The molecule has 0 amide bonds. The standard InChI is InChI=1S/C21H28N2O4S/c1-14(2)16-7-9-18(19(11-16)15(3)4)20(24)13-23-12-17(8-10-21(23)25)28(26,27)22(5)6/h7-12,14-15H,13H2,1-6H3. The molecule has 0 aliphatic carbocycles. The summed E-state index contributed by atoms with van der Waals surface area (Å²) in [6.07, 6.45) is 1.23. The molecule has 1 aromatic heterocycles. The lowest BCUT2D eigenvalue weighted by Crippen LogP contribution is -2.28. The number of carbonyl (C=O) groups excluding carboxylic acids is 1. The van der Waals surface area contributed by atoms with Gasteiger partial charge in [-0.3, -0.25) is 9.59 Å². The average molecular weight is 405 g/mol. The Bertz CT molecular complexity index is 1030. The molecule has 0 aliphatic heterocycles. The molecule has 28 heavy (non-hydrogen) atoms. The van der Waals surface area contributed by atoms with Gasteiger partial charge in [0.25, 0.3) is 5.56 Å². The number of rotatable bonds is 7. The Balaban J connectivity index is 2.45. The van der Waals surface area contributed by atoms with Crippen LogP contribution in [0.25, 0.3) is 0 Å². The van der Waals surface area contributed by atoms with Crippen molar-refractivity contribution in [2.24, 2.45) is 0 Å². The molecule has 0 radical (unpaired) electrons. The summed E-state index contributed by atoms with van der Waals surface area (Å²) < 4.78 is 26.9. The lowest BCUT2D eigenvalue weighted by Gasteiger charge is -2.17. The maximum atomic E-state index is 12.9. The van der Waals surface area contributed by atoms with Crippen LogP contribution in [0, 0.1) is 0 Å². The number of pyridine rings is 1. The minimum atomic E-state index is -3.69. The van der Waals surface area contributed by atoms with Crippen LogP contribution in [0.1, 0.15) is 61.0 Å². The Morgan fingerprint density at radius 1 is 1.04 bits per heavy atom. The molecule has 6 nitrogen and oxygen atoms in total. The van der Waals surface area contributed by atoms with Crippen LogP contribution in [0.3, 0.4) is 0 Å². The van der Waals surface area contributed by atoms with Crippen molar-refractivity contribution in [2.45, 2.75) is 51.0 Å². The molecule has 0 saturated carbocycles. The van der Waals surface area contributed by atoms with Gasteiger partial charge in [0.2, 0.25) is 10.0 Å². The highest BCUT2D eigenvalue weighted by molar-refractivity contribution is 7.89. The third-order valence-corrected chi connectivity index (χ3v) is 6.51. The maximum Gasteiger partial charge on any atom is 0.251 e. The minimum Gasteiger partial charge on any atom is -0.306 e. The molecular weight excluding hydrogens is 376 g/mol. The molecule has 0 saturated heterocycles. The summed E-state index contributed by atoms with van der Waals surface area (Å²) in [5, 5.41) is 0. The maximum absolute atomic E-state index is 12.9. The van der Waals surface area contributed by atoms with Gasteiger partial charge in [0.1, 0.15) is 0 Å². The van der Waals surface area contributed by atoms with E-state index in [1.54, 1.807) is 6.07 Å². The van der Waals surface area contributed by atoms with Crippen LogP contribution in [0.4, 0.5) is 0 Å². The summed E-state index contributed by atoms with van der Waals surface area (Å²) in [5.74, 6) is 0.271. The first-order valence-corrected chi connectivity index (χ1v) is 10.7. The van der Waals surface area contributed by atoms with Crippen molar-refractivity contribution in [1.29, 1.82) is 0 Å². The number of carbonyl (C=O) groups is 1. The Kier molecular flexibility index (Phi) is 6.62. The number of hydrogen-bond donors (Lipinski definition) is 0. The van der Waals surface area contributed by atoms with Gasteiger partial charge in [0, 0.05) is 31.9 Å². The Morgan fingerprint density at radius 2 is 1.68 bits per heavy atom. The van der Waals surface area contributed by atoms with Crippen molar-refractivity contribution in [2.75, 3.05) is 14.1 Å². The molecule has 0 aliphatic rings. The van der Waals surface area contributed by atoms with E-state index < -0.39 is 15.6 Å². The highest BCUT2D eigenvalue weighted by atomic mass is 32.2. The number of Topliss-reactive ketones (excluding diaryl/α,β-unsaturated/α-hetero) is 1. The minimum absolute atomic E-state index is 0.0239. The highest BCUT2D eigenvalue weighted by Crippen LogP contribution is 2.25. The number of aromatic nitrogens is 1. The van der Waals surface area contributed by atoms with E-state index in [1.807, 2.05) is 26.0 Å². The summed E-state index contributed by atoms with van der Waals surface area (Å²) in [6, 6.07) is 8.21. The second-order valence-electron chi connectivity index (χ2n) is 7.70. The Labute approximate surface area is 166 Å². The number of benzene rings is 1. The topological polar surface area (TPSA) is 76.5 Å². The van der Waals surface area contributed by atoms with Gasteiger partial charge in [-0.05, 0) is 29.0 Å². The summed E-state index contributed by atoms with van der Waals surface area (Å²) in [6.45, 7) is 8.02. The van der Waals surface area contributed by atoms with E-state index in [1.165, 1.54) is 32.4 Å². The molecule has 1 heterocycles. The molecule has 0 N–H and O–H groups in total. The van der Waals surface area contributed by atoms with Crippen molar-refractivity contribution in [1.82, 2.24) is 8.87 Å². The van der Waals surface area contributed by atoms with Crippen molar-refractivity contribution in [3.05, 3.63) is 63.6 Å². The molecule has 2 aromatic rings. The van der Waals surface area contributed by atoms with E-state index in [4.69, 9.17) is 0 Å². The van der Waals surface area contributed by atoms with Crippen LogP contribution in [0.5, 0.6) is 0 Å². The largest absolute Gasteiger partial charge is 0.306 e. The Hall–Kier alpha value is -2.25. The normalized spacial score (nSPS) is 12.2. The van der Waals surface area contributed by atoms with Crippen LogP contribution in [-0.4, -0.2) is 37.2 Å². The van der Waals surface area contributed by atoms with Crippen molar-refractivity contribution in [3.63, 3.8) is 0 Å². The number of hydrogen-bond acceptors (Lipinski definition) is 4. The molecule has 0 spiro atoms. The SMILES string of the molecule is CC(C)c1ccc(C(=O)Cn2cc(S(=O)(=O)N(C)C)ccc2=O)c(C(C)C)c1. The fraction of sp³-hybridized carbons (Fsp3) is 0.429. The van der Waals surface area contributed by atoms with Gasteiger partial charge in [0.15, 0.2) is 5.78 Å². The zero-order valence-electron chi connectivity index (χ0n) is 17.3. The molecule has 0 bridgehead atoms. The van der Waals surface area contributed by atoms with Gasteiger partial charge in [-0.25, -0.2) is 12.7 Å². The smallest absolute Gasteiger partial charge is 0.251 e. The first-order valence-electron chi connectivity index (χ1n) is 9.25. The first kappa shape index (κ1) is 22.0. The molecule has 152 valence electrons. The van der Waals surface area contributed by atoms with Crippen LogP contribution in [0.15, 0.2) is 46.2 Å². The number of nitrogens with zero attached hydrogens (tertiary/aromatic N) is 2. The Morgan fingerprint density at radius 3 is 2.21 bits per heavy atom. The van der Waals surface area contributed by atoms with Gasteiger partial charge < -0.3 is 4.57 Å². The van der Waals surface area contributed by atoms with E-state index in [2.05, 4.69) is 13.8 Å². The van der Waals surface area contributed by atoms with Crippen LogP contribution in [0.2, 0.25) is 0 Å². The van der Waals surface area contributed by atoms with Crippen molar-refractivity contribution < 1.29 is 13.2 Å². The number of ketones is 1. The van der Waals surface area contributed by atoms with E-state index in [0.717, 1.165) is 20.0 Å². The molecule has 0 fully saturated rings. The van der Waals surface area contributed by atoms with Gasteiger partial charge in [-0.2, -0.15) is 0 Å². The van der Waals surface area contributed by atoms with E-state index >= 15 is 0 Å². The summed E-state index contributed by atoms with van der Waals surface area (Å²) in [7, 11) is -0.855. The van der Waals surface area contributed by atoms with E-state index in [9.17, 15) is 18.0 Å². The monoisotopic (exact) mass is 404 g/mol. The molecule has 7 heteroatoms. The van der Waals surface area contributed by atoms with E-state index in [-0.39, 0.29) is 23.1 Å². The third kappa shape index (κ3) is 4.59. The lowest BCUT2D eigenvalue weighted by atomic mass is 9.90. The molecule has 1 aromatic carbocycles. The van der Waals surface area contributed by atoms with E-state index in [0.29, 0.717) is 11.5 Å². The lowest BCUT2D eigenvalue weighted by molar-refractivity contribution is 0.0969. The van der Waals surface area contributed by atoms with Crippen molar-refractivity contribution in [3.8, 4) is 0 Å². The summed E-state index contributed by atoms with van der Waals surface area (Å²) >= 11 is 0. The quantitative estimate of drug-likeness (QED) is 0.664. The van der Waals surface area contributed by atoms with Gasteiger partial charge in [0.05, 0.1) is 11.4 Å². The second-order valence-corrected chi connectivity index (χ2v) is 9.85. The predicted molar refractivity (Wildman–Crippen MR) is 111 cm³/mol. The molecule has 2 rings (SSSR count). The average Bonchev–Trinajstić information content (AvgIpc) is 2.62. The van der Waals surface area contributed by atoms with Crippen LogP contribution in [-0.2, 0) is 16.6 Å². The van der Waals surface area contributed by atoms with Gasteiger partial charge in [-0.15, -0.1) is 0 Å². The molecular formula is C21H28N2O4S. The van der Waals surface area contributed by atoms with Crippen LogP contribution >= 0.6 is 0 Å². The first-order chi connectivity index (χ1) is 12.9. The predicted octanol–water partition coefficient (Wildman–Crippen LogP) is 3.23. The molecule has 0 unspecified atom stereocenters. The van der Waals surface area contributed by atoms with Gasteiger partial charge in [-0.1, -0.05) is 45.9 Å². The molecule has 0 atom stereocenters. The number of sulfonamides is 1. The van der Waals surface area contributed by atoms with Crippen molar-refractivity contribution >= 4 is 15.8 Å². The van der Waals surface area contributed by atoms with Gasteiger partial charge >= 0.3 is 0 Å². The third-order valence-electron chi connectivity index (χ3n) is 4.71. The fourth-order valence-corrected chi connectivity index (χ4v) is 3.83. The fourth-order valence-electron chi connectivity index (χ4n) is 2.91. The summed E-state index contributed by atoms with van der Waals surface area (Å²) in [4.78, 5) is 25.1. The second kappa shape index (κ2) is 8.41. The van der Waals surface area contributed by atoms with Crippen LogP contribution < -0.4 is 5.56 Å².